The topological polar surface area (TPSA) is 26.0 Å². The molecule has 3 heteroatoms. The van der Waals surface area contributed by atoms with Crippen molar-refractivity contribution in [3.8, 4) is 0 Å². The standard InChI is InChI=1S/C8H10FNS/c1-11-8-4-2-3-7(9)6(8)5-10/h2-4H,5,10H2,1H3. The lowest BCUT2D eigenvalue weighted by Gasteiger charge is -2.04. The monoisotopic (exact) mass is 171 g/mol. The molecule has 0 aromatic heterocycles. The minimum absolute atomic E-state index is 0.209. The maximum atomic E-state index is 12.9. The summed E-state index contributed by atoms with van der Waals surface area (Å²) < 4.78 is 12.9. The average Bonchev–Trinajstić information content (AvgIpc) is 2.04. The van der Waals surface area contributed by atoms with Crippen LogP contribution in [0.3, 0.4) is 0 Å². The molecule has 0 aliphatic heterocycles. The fraction of sp³-hybridized carbons (Fsp3) is 0.250. The molecule has 0 aliphatic carbocycles. The number of benzene rings is 1. The molecule has 0 amide bonds. The molecule has 0 unspecified atom stereocenters. The Balaban J connectivity index is 3.13. The molecule has 0 atom stereocenters. The lowest BCUT2D eigenvalue weighted by atomic mass is 10.2. The SMILES string of the molecule is CSc1cccc(F)c1CN. The first-order valence-corrected chi connectivity index (χ1v) is 4.53. The minimum atomic E-state index is -0.209. The van der Waals surface area contributed by atoms with Gasteiger partial charge in [-0.2, -0.15) is 0 Å². The third-order valence-electron chi connectivity index (χ3n) is 1.50. The van der Waals surface area contributed by atoms with Crippen LogP contribution in [0.25, 0.3) is 0 Å². The Morgan fingerprint density at radius 1 is 1.55 bits per heavy atom. The zero-order valence-corrected chi connectivity index (χ0v) is 7.12. The van der Waals surface area contributed by atoms with E-state index in [2.05, 4.69) is 0 Å². The van der Waals surface area contributed by atoms with Gasteiger partial charge in [-0.3, -0.25) is 0 Å². The van der Waals surface area contributed by atoms with Crippen molar-refractivity contribution in [1.29, 1.82) is 0 Å². The van der Waals surface area contributed by atoms with Crippen LogP contribution in [-0.4, -0.2) is 6.26 Å². The highest BCUT2D eigenvalue weighted by Crippen LogP contribution is 2.21. The summed E-state index contributed by atoms with van der Waals surface area (Å²) in [7, 11) is 0. The minimum Gasteiger partial charge on any atom is -0.326 e. The molecule has 11 heavy (non-hydrogen) atoms. The number of halogens is 1. The summed E-state index contributed by atoms with van der Waals surface area (Å²) in [6.45, 7) is 0.267. The highest BCUT2D eigenvalue weighted by atomic mass is 32.2. The van der Waals surface area contributed by atoms with Gasteiger partial charge in [0.1, 0.15) is 5.82 Å². The van der Waals surface area contributed by atoms with E-state index >= 15 is 0 Å². The van der Waals surface area contributed by atoms with Gasteiger partial charge in [0.15, 0.2) is 0 Å². The lowest BCUT2D eigenvalue weighted by molar-refractivity contribution is 0.604. The molecule has 1 aromatic rings. The molecule has 0 heterocycles. The molecule has 2 N–H and O–H groups in total. The van der Waals surface area contributed by atoms with Gasteiger partial charge in [0.25, 0.3) is 0 Å². The maximum Gasteiger partial charge on any atom is 0.128 e. The maximum absolute atomic E-state index is 12.9. The van der Waals surface area contributed by atoms with Crippen LogP contribution in [0.15, 0.2) is 23.1 Å². The Morgan fingerprint density at radius 3 is 2.73 bits per heavy atom. The summed E-state index contributed by atoms with van der Waals surface area (Å²) in [4.78, 5) is 0.924. The second kappa shape index (κ2) is 3.74. The van der Waals surface area contributed by atoms with Gasteiger partial charge in [0, 0.05) is 17.0 Å². The van der Waals surface area contributed by atoms with Gasteiger partial charge >= 0.3 is 0 Å². The van der Waals surface area contributed by atoms with Gasteiger partial charge < -0.3 is 5.73 Å². The Hall–Kier alpha value is -0.540. The van der Waals surface area contributed by atoms with Crippen LogP contribution in [0.5, 0.6) is 0 Å². The molecule has 0 saturated heterocycles. The van der Waals surface area contributed by atoms with Gasteiger partial charge in [0.05, 0.1) is 0 Å². The molecule has 1 nitrogen and oxygen atoms in total. The molecule has 60 valence electrons. The number of rotatable bonds is 2. The van der Waals surface area contributed by atoms with Gasteiger partial charge in [0.2, 0.25) is 0 Å². The van der Waals surface area contributed by atoms with Gasteiger partial charge in [-0.1, -0.05) is 6.07 Å². The number of hydrogen-bond acceptors (Lipinski definition) is 2. The predicted octanol–water partition coefficient (Wildman–Crippen LogP) is 2.01. The van der Waals surface area contributed by atoms with E-state index in [0.29, 0.717) is 5.56 Å². The van der Waals surface area contributed by atoms with E-state index in [1.165, 1.54) is 17.8 Å². The molecule has 0 spiro atoms. The normalized spacial score (nSPS) is 10.1. The summed E-state index contributed by atoms with van der Waals surface area (Å²) >= 11 is 1.51. The van der Waals surface area contributed by atoms with Crippen molar-refractivity contribution < 1.29 is 4.39 Å². The molecular weight excluding hydrogens is 161 g/mol. The molecule has 0 bridgehead atoms. The fourth-order valence-corrected chi connectivity index (χ4v) is 1.57. The first-order chi connectivity index (χ1) is 5.29. The Kier molecular flexibility index (Phi) is 2.91. The average molecular weight is 171 g/mol. The smallest absolute Gasteiger partial charge is 0.128 e. The largest absolute Gasteiger partial charge is 0.326 e. The lowest BCUT2D eigenvalue weighted by Crippen LogP contribution is -2.01. The quantitative estimate of drug-likeness (QED) is 0.689. The highest BCUT2D eigenvalue weighted by Gasteiger charge is 2.03. The summed E-state index contributed by atoms with van der Waals surface area (Å²) in [5.74, 6) is -0.209. The predicted molar refractivity (Wildman–Crippen MR) is 46.1 cm³/mol. The van der Waals surface area contributed by atoms with Crippen molar-refractivity contribution in [3.05, 3.63) is 29.6 Å². The van der Waals surface area contributed by atoms with Gasteiger partial charge in [-0.05, 0) is 18.4 Å². The Morgan fingerprint density at radius 2 is 2.27 bits per heavy atom. The van der Waals surface area contributed by atoms with E-state index in [1.807, 2.05) is 12.3 Å². The third kappa shape index (κ3) is 1.73. The first kappa shape index (κ1) is 8.56. The van der Waals surface area contributed by atoms with E-state index in [-0.39, 0.29) is 12.4 Å². The van der Waals surface area contributed by atoms with Crippen molar-refractivity contribution in [2.75, 3.05) is 6.26 Å². The van der Waals surface area contributed by atoms with Crippen LogP contribution < -0.4 is 5.73 Å². The molecule has 0 saturated carbocycles. The van der Waals surface area contributed by atoms with Crippen LogP contribution in [0.2, 0.25) is 0 Å². The number of hydrogen-bond donors (Lipinski definition) is 1. The van der Waals surface area contributed by atoms with E-state index in [4.69, 9.17) is 5.73 Å². The van der Waals surface area contributed by atoms with Crippen molar-refractivity contribution in [1.82, 2.24) is 0 Å². The third-order valence-corrected chi connectivity index (χ3v) is 2.32. The van der Waals surface area contributed by atoms with Crippen LogP contribution in [-0.2, 0) is 6.54 Å². The van der Waals surface area contributed by atoms with Gasteiger partial charge in [-0.25, -0.2) is 4.39 Å². The Labute approximate surface area is 69.8 Å². The highest BCUT2D eigenvalue weighted by molar-refractivity contribution is 7.98. The van der Waals surface area contributed by atoms with Crippen molar-refractivity contribution in [2.24, 2.45) is 5.73 Å². The molecule has 0 aliphatic rings. The van der Waals surface area contributed by atoms with Crippen molar-refractivity contribution in [3.63, 3.8) is 0 Å². The van der Waals surface area contributed by atoms with E-state index in [1.54, 1.807) is 6.07 Å². The van der Waals surface area contributed by atoms with Gasteiger partial charge in [-0.15, -0.1) is 11.8 Å². The van der Waals surface area contributed by atoms with Crippen LogP contribution in [0.4, 0.5) is 4.39 Å². The van der Waals surface area contributed by atoms with Crippen molar-refractivity contribution in [2.45, 2.75) is 11.4 Å². The molecule has 0 radical (unpaired) electrons. The molecule has 0 fully saturated rings. The molecular formula is C8H10FNS. The zero-order chi connectivity index (χ0) is 8.27. The second-order valence-corrected chi connectivity index (χ2v) is 2.97. The Bertz CT molecular complexity index is 250. The van der Waals surface area contributed by atoms with E-state index in [9.17, 15) is 4.39 Å². The summed E-state index contributed by atoms with van der Waals surface area (Å²) in [6, 6.07) is 5.00. The van der Waals surface area contributed by atoms with Crippen LogP contribution in [0.1, 0.15) is 5.56 Å². The molecule has 1 rings (SSSR count). The van der Waals surface area contributed by atoms with Crippen LogP contribution >= 0.6 is 11.8 Å². The van der Waals surface area contributed by atoms with E-state index < -0.39 is 0 Å². The summed E-state index contributed by atoms with van der Waals surface area (Å²) in [5, 5.41) is 0. The van der Waals surface area contributed by atoms with E-state index in [0.717, 1.165) is 4.90 Å². The number of nitrogens with two attached hydrogens (primary N) is 1. The number of thioether (sulfide) groups is 1. The van der Waals surface area contributed by atoms with Crippen LogP contribution in [0, 0.1) is 5.82 Å². The van der Waals surface area contributed by atoms with Crippen molar-refractivity contribution >= 4 is 11.8 Å². The molecule has 1 aromatic carbocycles. The fourth-order valence-electron chi connectivity index (χ4n) is 0.928. The zero-order valence-electron chi connectivity index (χ0n) is 6.30. The summed E-state index contributed by atoms with van der Waals surface area (Å²) in [5.41, 5.74) is 5.98. The summed E-state index contributed by atoms with van der Waals surface area (Å²) in [6.07, 6.45) is 1.91. The first-order valence-electron chi connectivity index (χ1n) is 3.31. The second-order valence-electron chi connectivity index (χ2n) is 2.12.